The quantitative estimate of drug-likeness (QED) is 0.705. The average Bonchev–Trinajstić information content (AvgIpc) is 2.30. The molecule has 1 rings (SSSR count). The van der Waals surface area contributed by atoms with Gasteiger partial charge in [0.15, 0.2) is 0 Å². The number of rotatable bonds is 2. The fraction of sp³-hybridized carbons (Fsp3) is 0.625. The predicted molar refractivity (Wildman–Crippen MR) is 42.8 cm³/mol. The Morgan fingerprint density at radius 2 is 2.18 bits per heavy atom. The Kier molecular flexibility index (Phi) is 2.17. The summed E-state index contributed by atoms with van der Waals surface area (Å²) < 4.78 is 4.96. The molecule has 0 bridgehead atoms. The van der Waals surface area contributed by atoms with Gasteiger partial charge >= 0.3 is 5.76 Å². The number of hydrogen-bond donors (Lipinski definition) is 1. The molecule has 0 aromatic carbocycles. The van der Waals surface area contributed by atoms with Gasteiger partial charge in [-0.05, 0) is 6.42 Å². The summed E-state index contributed by atoms with van der Waals surface area (Å²) in [5.41, 5.74) is 0.921. The normalized spacial score (nSPS) is 10.9. The lowest BCUT2D eigenvalue weighted by atomic mass is 10.1. The van der Waals surface area contributed by atoms with Crippen molar-refractivity contribution in [2.24, 2.45) is 0 Å². The zero-order valence-corrected chi connectivity index (χ0v) is 7.10. The molecule has 3 heteroatoms. The van der Waals surface area contributed by atoms with Gasteiger partial charge in [0.1, 0.15) is 5.76 Å². The molecule has 0 aliphatic carbocycles. The highest BCUT2D eigenvalue weighted by Gasteiger charge is 2.10. The SMILES string of the molecule is CCc1[nH]c(=O)oc1C(C)C. The fourth-order valence-electron chi connectivity index (χ4n) is 1.10. The topological polar surface area (TPSA) is 46.0 Å². The van der Waals surface area contributed by atoms with Crippen molar-refractivity contribution in [2.45, 2.75) is 33.1 Å². The van der Waals surface area contributed by atoms with Crippen LogP contribution in [-0.2, 0) is 6.42 Å². The Bertz CT molecular complexity index is 283. The average molecular weight is 155 g/mol. The molecule has 3 nitrogen and oxygen atoms in total. The molecule has 62 valence electrons. The van der Waals surface area contributed by atoms with Crippen molar-refractivity contribution in [3.63, 3.8) is 0 Å². The van der Waals surface area contributed by atoms with Crippen LogP contribution in [0.25, 0.3) is 0 Å². The molecule has 1 heterocycles. The summed E-state index contributed by atoms with van der Waals surface area (Å²) >= 11 is 0. The number of aromatic nitrogens is 1. The van der Waals surface area contributed by atoms with E-state index in [9.17, 15) is 4.79 Å². The highest BCUT2D eigenvalue weighted by Crippen LogP contribution is 2.15. The summed E-state index contributed by atoms with van der Waals surface area (Å²) in [6.45, 7) is 6.00. The van der Waals surface area contributed by atoms with Crippen LogP contribution in [-0.4, -0.2) is 4.98 Å². The van der Waals surface area contributed by atoms with Gasteiger partial charge in [-0.1, -0.05) is 20.8 Å². The van der Waals surface area contributed by atoms with Gasteiger partial charge in [0.25, 0.3) is 0 Å². The summed E-state index contributed by atoms with van der Waals surface area (Å²) in [4.78, 5) is 13.4. The first-order valence-corrected chi connectivity index (χ1v) is 3.87. The Morgan fingerprint density at radius 1 is 1.55 bits per heavy atom. The second-order valence-electron chi connectivity index (χ2n) is 2.87. The van der Waals surface area contributed by atoms with E-state index in [-0.39, 0.29) is 11.7 Å². The van der Waals surface area contributed by atoms with Gasteiger partial charge in [0.2, 0.25) is 0 Å². The maximum absolute atomic E-state index is 10.8. The van der Waals surface area contributed by atoms with Gasteiger partial charge in [-0.25, -0.2) is 4.79 Å². The molecular formula is C8H13NO2. The third-order valence-electron chi connectivity index (χ3n) is 1.63. The van der Waals surface area contributed by atoms with E-state index < -0.39 is 0 Å². The third-order valence-corrected chi connectivity index (χ3v) is 1.63. The van der Waals surface area contributed by atoms with Crippen molar-refractivity contribution in [3.05, 3.63) is 22.0 Å². The van der Waals surface area contributed by atoms with E-state index in [2.05, 4.69) is 4.98 Å². The first kappa shape index (κ1) is 8.11. The van der Waals surface area contributed by atoms with Crippen LogP contribution in [0.1, 0.15) is 38.1 Å². The molecule has 0 saturated heterocycles. The second-order valence-corrected chi connectivity index (χ2v) is 2.87. The first-order chi connectivity index (χ1) is 5.15. The van der Waals surface area contributed by atoms with Gasteiger partial charge in [-0.15, -0.1) is 0 Å². The van der Waals surface area contributed by atoms with Crippen LogP contribution in [0.15, 0.2) is 9.21 Å². The van der Waals surface area contributed by atoms with E-state index >= 15 is 0 Å². The first-order valence-electron chi connectivity index (χ1n) is 3.87. The fourth-order valence-corrected chi connectivity index (χ4v) is 1.10. The molecule has 0 spiro atoms. The molecule has 11 heavy (non-hydrogen) atoms. The molecule has 0 unspecified atom stereocenters. The smallest absolute Gasteiger partial charge is 0.413 e. The van der Waals surface area contributed by atoms with E-state index in [1.54, 1.807) is 0 Å². The Hall–Kier alpha value is -0.990. The third kappa shape index (κ3) is 1.53. The number of nitrogens with one attached hydrogen (secondary N) is 1. The zero-order valence-electron chi connectivity index (χ0n) is 7.10. The molecule has 1 aromatic rings. The standard InChI is InChI=1S/C8H13NO2/c1-4-6-7(5(2)3)11-8(10)9-6/h5H,4H2,1-3H3,(H,9,10). The molecular weight excluding hydrogens is 142 g/mol. The second kappa shape index (κ2) is 2.95. The number of aryl methyl sites for hydroxylation is 1. The molecule has 0 atom stereocenters. The van der Waals surface area contributed by atoms with E-state index in [4.69, 9.17) is 4.42 Å². The molecule has 0 saturated carbocycles. The van der Waals surface area contributed by atoms with Crippen molar-refractivity contribution in [3.8, 4) is 0 Å². The van der Waals surface area contributed by atoms with Gasteiger partial charge in [0, 0.05) is 5.92 Å². The largest absolute Gasteiger partial charge is 0.416 e. The molecule has 0 aliphatic heterocycles. The molecule has 0 amide bonds. The lowest BCUT2D eigenvalue weighted by Crippen LogP contribution is -1.95. The number of oxazole rings is 1. The van der Waals surface area contributed by atoms with E-state index in [0.29, 0.717) is 0 Å². The molecule has 0 aliphatic rings. The molecule has 1 aromatic heterocycles. The van der Waals surface area contributed by atoms with Crippen LogP contribution in [0.5, 0.6) is 0 Å². The van der Waals surface area contributed by atoms with Gasteiger partial charge in [-0.3, -0.25) is 4.98 Å². The minimum absolute atomic E-state index is 0.281. The minimum Gasteiger partial charge on any atom is -0.413 e. The van der Waals surface area contributed by atoms with Crippen LogP contribution < -0.4 is 5.76 Å². The summed E-state index contributed by atoms with van der Waals surface area (Å²) in [7, 11) is 0. The van der Waals surface area contributed by atoms with Crippen molar-refractivity contribution < 1.29 is 4.42 Å². The van der Waals surface area contributed by atoms with E-state index in [0.717, 1.165) is 17.9 Å². The Morgan fingerprint density at radius 3 is 2.55 bits per heavy atom. The monoisotopic (exact) mass is 155 g/mol. The lowest BCUT2D eigenvalue weighted by molar-refractivity contribution is 0.449. The highest BCUT2D eigenvalue weighted by molar-refractivity contribution is 5.10. The van der Waals surface area contributed by atoms with Gasteiger partial charge < -0.3 is 4.42 Å². The predicted octanol–water partition coefficient (Wildman–Crippen LogP) is 1.65. The van der Waals surface area contributed by atoms with E-state index in [1.807, 2.05) is 20.8 Å². The summed E-state index contributed by atoms with van der Waals surface area (Å²) in [5.74, 6) is 0.729. The summed E-state index contributed by atoms with van der Waals surface area (Å²) in [6, 6.07) is 0. The van der Waals surface area contributed by atoms with Gasteiger partial charge in [-0.2, -0.15) is 0 Å². The van der Waals surface area contributed by atoms with Gasteiger partial charge in [0.05, 0.1) is 5.69 Å². The van der Waals surface area contributed by atoms with Crippen molar-refractivity contribution >= 4 is 0 Å². The maximum Gasteiger partial charge on any atom is 0.416 e. The van der Waals surface area contributed by atoms with Crippen molar-refractivity contribution in [1.29, 1.82) is 0 Å². The lowest BCUT2D eigenvalue weighted by Gasteiger charge is -2.00. The molecule has 1 N–H and O–H groups in total. The van der Waals surface area contributed by atoms with Crippen molar-refractivity contribution in [2.75, 3.05) is 0 Å². The van der Waals surface area contributed by atoms with Crippen LogP contribution in [0.4, 0.5) is 0 Å². The molecule has 0 fully saturated rings. The summed E-state index contributed by atoms with van der Waals surface area (Å²) in [5, 5.41) is 0. The van der Waals surface area contributed by atoms with Crippen LogP contribution >= 0.6 is 0 Å². The zero-order chi connectivity index (χ0) is 8.43. The van der Waals surface area contributed by atoms with Crippen LogP contribution in [0.3, 0.4) is 0 Å². The van der Waals surface area contributed by atoms with Crippen molar-refractivity contribution in [1.82, 2.24) is 4.98 Å². The number of H-pyrrole nitrogens is 1. The molecule has 0 radical (unpaired) electrons. The Balaban J connectivity index is 3.12. The highest BCUT2D eigenvalue weighted by atomic mass is 16.4. The van der Waals surface area contributed by atoms with Crippen LogP contribution in [0.2, 0.25) is 0 Å². The summed E-state index contributed by atoms with van der Waals surface area (Å²) in [6.07, 6.45) is 0.819. The number of hydrogen-bond acceptors (Lipinski definition) is 2. The maximum atomic E-state index is 10.8. The minimum atomic E-state index is -0.342. The number of aromatic amines is 1. The van der Waals surface area contributed by atoms with Crippen LogP contribution in [0, 0.1) is 0 Å². The van der Waals surface area contributed by atoms with E-state index in [1.165, 1.54) is 0 Å². The Labute approximate surface area is 65.4 Å².